The van der Waals surface area contributed by atoms with E-state index in [1.807, 2.05) is 4.90 Å². The second-order valence-electron chi connectivity index (χ2n) is 6.58. The van der Waals surface area contributed by atoms with Gasteiger partial charge < -0.3 is 4.90 Å². The van der Waals surface area contributed by atoms with E-state index >= 15 is 0 Å². The number of nitrogens with zero attached hydrogens (tertiary/aromatic N) is 1. The van der Waals surface area contributed by atoms with Crippen LogP contribution in [0.1, 0.15) is 72.6 Å². The summed E-state index contributed by atoms with van der Waals surface area (Å²) < 4.78 is 0. The fourth-order valence-corrected chi connectivity index (χ4v) is 3.19. The van der Waals surface area contributed by atoms with Gasteiger partial charge in [0.05, 0.1) is 0 Å². The van der Waals surface area contributed by atoms with E-state index in [-0.39, 0.29) is 5.91 Å². The van der Waals surface area contributed by atoms with Crippen molar-refractivity contribution in [3.8, 4) is 0 Å². The largest absolute Gasteiger partial charge is 0.343 e. The van der Waals surface area contributed by atoms with Gasteiger partial charge in [0, 0.05) is 20.0 Å². The molecule has 2 heteroatoms. The van der Waals surface area contributed by atoms with Crippen molar-refractivity contribution < 1.29 is 4.79 Å². The highest BCUT2D eigenvalue weighted by molar-refractivity contribution is 5.73. The van der Waals surface area contributed by atoms with Crippen molar-refractivity contribution in [1.29, 1.82) is 0 Å². The lowest BCUT2D eigenvalue weighted by molar-refractivity contribution is -0.130. The van der Waals surface area contributed by atoms with Gasteiger partial charge >= 0.3 is 0 Å². The van der Waals surface area contributed by atoms with Crippen LogP contribution in [0, 0.1) is 11.3 Å². The lowest BCUT2D eigenvalue weighted by atomic mass is 9.71. The molecule has 0 N–H and O–H groups in total. The van der Waals surface area contributed by atoms with E-state index in [2.05, 4.69) is 20.8 Å². The monoisotopic (exact) mass is 253 g/mol. The number of carbonyl (C=O) groups excluding carboxylic acids is 1. The van der Waals surface area contributed by atoms with Crippen LogP contribution >= 0.6 is 0 Å². The molecule has 0 unspecified atom stereocenters. The van der Waals surface area contributed by atoms with Gasteiger partial charge in [-0.15, -0.1) is 0 Å². The van der Waals surface area contributed by atoms with Crippen LogP contribution in [0.15, 0.2) is 0 Å². The maximum Gasteiger partial charge on any atom is 0.219 e. The standard InChI is InChI=1S/C16H31NO/c1-5-6-7-8-11-16(3,4)15-9-12-17(13-10-15)14(2)18/h15H,5-13H2,1-4H3. The van der Waals surface area contributed by atoms with Crippen LogP contribution in [0.25, 0.3) is 0 Å². The highest BCUT2D eigenvalue weighted by Gasteiger charge is 2.32. The van der Waals surface area contributed by atoms with Crippen LogP contribution in [0.2, 0.25) is 0 Å². The van der Waals surface area contributed by atoms with Gasteiger partial charge in [-0.05, 0) is 30.6 Å². The van der Waals surface area contributed by atoms with Crippen LogP contribution in [0.3, 0.4) is 0 Å². The summed E-state index contributed by atoms with van der Waals surface area (Å²) in [5.74, 6) is 1.05. The van der Waals surface area contributed by atoms with Crippen molar-refractivity contribution >= 4 is 5.91 Å². The van der Waals surface area contributed by atoms with Crippen LogP contribution < -0.4 is 0 Å². The van der Waals surface area contributed by atoms with Gasteiger partial charge in [-0.25, -0.2) is 0 Å². The summed E-state index contributed by atoms with van der Waals surface area (Å²) >= 11 is 0. The minimum Gasteiger partial charge on any atom is -0.343 e. The number of carbonyl (C=O) groups is 1. The van der Waals surface area contributed by atoms with Crippen LogP contribution in [-0.4, -0.2) is 23.9 Å². The lowest BCUT2D eigenvalue weighted by Crippen LogP contribution is -2.41. The molecule has 18 heavy (non-hydrogen) atoms. The van der Waals surface area contributed by atoms with Crippen molar-refractivity contribution in [2.45, 2.75) is 72.6 Å². The van der Waals surface area contributed by atoms with Crippen molar-refractivity contribution in [2.24, 2.45) is 11.3 Å². The molecule has 0 bridgehead atoms. The molecule has 0 aromatic rings. The Morgan fingerprint density at radius 2 is 1.78 bits per heavy atom. The Labute approximate surface area is 113 Å². The van der Waals surface area contributed by atoms with E-state index in [0.29, 0.717) is 5.41 Å². The molecule has 0 atom stereocenters. The molecule has 1 fully saturated rings. The van der Waals surface area contributed by atoms with Gasteiger partial charge in [-0.1, -0.05) is 46.5 Å². The van der Waals surface area contributed by atoms with Crippen LogP contribution in [-0.2, 0) is 4.79 Å². The number of rotatable bonds is 6. The van der Waals surface area contributed by atoms with Crippen LogP contribution in [0.4, 0.5) is 0 Å². The highest BCUT2D eigenvalue weighted by atomic mass is 16.2. The van der Waals surface area contributed by atoms with E-state index in [9.17, 15) is 4.79 Å². The third-order valence-electron chi connectivity index (χ3n) is 4.72. The highest BCUT2D eigenvalue weighted by Crippen LogP contribution is 2.39. The molecule has 1 aliphatic heterocycles. The normalized spacial score (nSPS) is 18.1. The second-order valence-corrected chi connectivity index (χ2v) is 6.58. The quantitative estimate of drug-likeness (QED) is 0.648. The van der Waals surface area contributed by atoms with Gasteiger partial charge in [0.25, 0.3) is 0 Å². The summed E-state index contributed by atoms with van der Waals surface area (Å²) in [7, 11) is 0. The van der Waals surface area contributed by atoms with Gasteiger partial charge in [-0.3, -0.25) is 4.79 Å². The number of piperidine rings is 1. The average molecular weight is 253 g/mol. The second kappa shape index (κ2) is 7.16. The Morgan fingerprint density at radius 3 is 2.28 bits per heavy atom. The van der Waals surface area contributed by atoms with Crippen LogP contribution in [0.5, 0.6) is 0 Å². The molecule has 0 radical (unpaired) electrons. The fraction of sp³-hybridized carbons (Fsp3) is 0.938. The molecule has 1 aliphatic rings. The first-order valence-corrected chi connectivity index (χ1v) is 7.73. The third kappa shape index (κ3) is 4.62. The maximum atomic E-state index is 11.3. The molecule has 0 aliphatic carbocycles. The smallest absolute Gasteiger partial charge is 0.219 e. The zero-order chi connectivity index (χ0) is 13.6. The molecule has 0 aromatic carbocycles. The maximum absolute atomic E-state index is 11.3. The number of hydrogen-bond donors (Lipinski definition) is 0. The van der Waals surface area contributed by atoms with Gasteiger partial charge in [0.15, 0.2) is 0 Å². The minimum absolute atomic E-state index is 0.245. The molecule has 106 valence electrons. The Hall–Kier alpha value is -0.530. The SMILES string of the molecule is CCCCCCC(C)(C)C1CCN(C(C)=O)CC1. The molecule has 1 rings (SSSR count). The lowest BCUT2D eigenvalue weighted by Gasteiger charge is -2.40. The number of hydrogen-bond acceptors (Lipinski definition) is 1. The van der Waals surface area contributed by atoms with Crippen molar-refractivity contribution in [3.05, 3.63) is 0 Å². The summed E-state index contributed by atoms with van der Waals surface area (Å²) in [5, 5.41) is 0. The molecule has 0 saturated carbocycles. The minimum atomic E-state index is 0.245. The summed E-state index contributed by atoms with van der Waals surface area (Å²) in [5.41, 5.74) is 0.455. The predicted molar refractivity (Wildman–Crippen MR) is 77.5 cm³/mol. The Balaban J connectivity index is 2.33. The van der Waals surface area contributed by atoms with E-state index in [1.165, 1.54) is 44.9 Å². The zero-order valence-corrected chi connectivity index (χ0v) is 12.8. The van der Waals surface area contributed by atoms with Gasteiger partial charge in [-0.2, -0.15) is 0 Å². The summed E-state index contributed by atoms with van der Waals surface area (Å²) in [6, 6.07) is 0. The molecule has 2 nitrogen and oxygen atoms in total. The zero-order valence-electron chi connectivity index (χ0n) is 12.8. The molecular formula is C16H31NO. The Morgan fingerprint density at radius 1 is 1.17 bits per heavy atom. The molecule has 1 saturated heterocycles. The first kappa shape index (κ1) is 15.5. The number of likely N-dealkylation sites (tertiary alicyclic amines) is 1. The van der Waals surface area contributed by atoms with Crippen molar-refractivity contribution in [2.75, 3.05) is 13.1 Å². The van der Waals surface area contributed by atoms with Crippen molar-refractivity contribution in [3.63, 3.8) is 0 Å². The fourth-order valence-electron chi connectivity index (χ4n) is 3.19. The first-order chi connectivity index (χ1) is 8.47. The molecule has 0 aromatic heterocycles. The van der Waals surface area contributed by atoms with Gasteiger partial charge in [0.2, 0.25) is 5.91 Å². The summed E-state index contributed by atoms with van der Waals surface area (Å²) in [4.78, 5) is 13.3. The van der Waals surface area contributed by atoms with E-state index < -0.39 is 0 Å². The summed E-state index contributed by atoms with van der Waals surface area (Å²) in [6.07, 6.45) is 9.18. The molecule has 1 amide bonds. The Kier molecular flexibility index (Phi) is 6.17. The van der Waals surface area contributed by atoms with E-state index in [0.717, 1.165) is 19.0 Å². The van der Waals surface area contributed by atoms with Crippen molar-refractivity contribution in [1.82, 2.24) is 4.90 Å². The molecule has 1 heterocycles. The van der Waals surface area contributed by atoms with E-state index in [4.69, 9.17) is 0 Å². The third-order valence-corrected chi connectivity index (χ3v) is 4.72. The molecule has 0 spiro atoms. The first-order valence-electron chi connectivity index (χ1n) is 7.73. The topological polar surface area (TPSA) is 20.3 Å². The Bertz CT molecular complexity index is 252. The van der Waals surface area contributed by atoms with E-state index in [1.54, 1.807) is 6.92 Å². The number of unbranched alkanes of at least 4 members (excludes halogenated alkanes) is 3. The average Bonchev–Trinajstić information content (AvgIpc) is 2.35. The van der Waals surface area contributed by atoms with Gasteiger partial charge in [0.1, 0.15) is 0 Å². The number of amides is 1. The summed E-state index contributed by atoms with van der Waals surface area (Å²) in [6.45, 7) is 10.7. The predicted octanol–water partition coefficient (Wildman–Crippen LogP) is 4.24. The molecular weight excluding hydrogens is 222 g/mol.